The van der Waals surface area contributed by atoms with Crippen LogP contribution in [0.4, 0.5) is 10.1 Å². The van der Waals surface area contributed by atoms with E-state index in [2.05, 4.69) is 5.32 Å². The molecule has 2 aromatic rings. The van der Waals surface area contributed by atoms with E-state index in [0.29, 0.717) is 28.8 Å². The van der Waals surface area contributed by atoms with Crippen molar-refractivity contribution in [3.8, 4) is 0 Å². The zero-order valence-electron chi connectivity index (χ0n) is 17.3. The van der Waals surface area contributed by atoms with E-state index in [0.717, 1.165) is 5.56 Å². The molecule has 1 aliphatic heterocycles. The van der Waals surface area contributed by atoms with Gasteiger partial charge >= 0.3 is 0 Å². The van der Waals surface area contributed by atoms with E-state index >= 15 is 4.39 Å². The minimum atomic E-state index is -0.709. The molecule has 4 rings (SSSR count). The highest BCUT2D eigenvalue weighted by atomic mass is 19.1. The molecule has 1 unspecified atom stereocenters. The Morgan fingerprint density at radius 1 is 1.10 bits per heavy atom. The zero-order chi connectivity index (χ0) is 22.2. The number of carbonyl (C=O) groups excluding carboxylic acids is 2. The molecule has 0 saturated heterocycles. The Balaban J connectivity index is 1.47. The summed E-state index contributed by atoms with van der Waals surface area (Å²) in [5.74, 6) is -0.939. The molecule has 5 N–H and O–H groups in total. The first-order chi connectivity index (χ1) is 14.8. The van der Waals surface area contributed by atoms with Crippen molar-refractivity contribution >= 4 is 23.1 Å². The number of nitrogen functional groups attached to an aromatic ring is 1. The van der Waals surface area contributed by atoms with Crippen LogP contribution in [0.5, 0.6) is 0 Å². The molecule has 2 aromatic carbocycles. The molecule has 7 heteroatoms. The lowest BCUT2D eigenvalue weighted by molar-refractivity contribution is 0.0639. The summed E-state index contributed by atoms with van der Waals surface area (Å²) in [7, 11) is 1.75. The molecule has 1 aliphatic carbocycles. The van der Waals surface area contributed by atoms with E-state index in [4.69, 9.17) is 11.5 Å². The van der Waals surface area contributed by atoms with E-state index in [1.54, 1.807) is 61.7 Å². The predicted molar refractivity (Wildman–Crippen MR) is 119 cm³/mol. The van der Waals surface area contributed by atoms with Crippen LogP contribution in [-0.2, 0) is 0 Å². The highest BCUT2D eigenvalue weighted by Crippen LogP contribution is 2.36. The summed E-state index contributed by atoms with van der Waals surface area (Å²) >= 11 is 0. The Morgan fingerprint density at radius 2 is 1.71 bits per heavy atom. The number of benzene rings is 2. The van der Waals surface area contributed by atoms with Gasteiger partial charge in [0, 0.05) is 35.8 Å². The van der Waals surface area contributed by atoms with E-state index in [1.165, 1.54) is 4.90 Å². The van der Waals surface area contributed by atoms with Crippen molar-refractivity contribution in [3.05, 3.63) is 83.2 Å². The number of carbonyl (C=O) groups is 2. The predicted octanol–water partition coefficient (Wildman–Crippen LogP) is 2.88. The van der Waals surface area contributed by atoms with Crippen LogP contribution in [0.1, 0.15) is 39.1 Å². The number of likely N-dealkylation sites (N-methyl/N-ethyl adjacent to an activating group) is 1. The molecule has 0 aromatic heterocycles. The largest absolute Gasteiger partial charge is 0.399 e. The number of nitrogens with two attached hydrogens (primary N) is 2. The normalized spacial score (nSPS) is 21.6. The molecule has 0 bridgehead atoms. The number of imide groups is 1. The smallest absolute Gasteiger partial charge is 0.261 e. The number of amides is 2. The number of hydrogen-bond acceptors (Lipinski definition) is 5. The first-order valence-electron chi connectivity index (χ1n) is 10.2. The van der Waals surface area contributed by atoms with Crippen LogP contribution in [0, 0.1) is 0 Å². The van der Waals surface area contributed by atoms with Crippen molar-refractivity contribution < 1.29 is 14.0 Å². The summed E-state index contributed by atoms with van der Waals surface area (Å²) in [4.78, 5) is 26.4. The number of halogens is 1. The van der Waals surface area contributed by atoms with Crippen molar-refractivity contribution in [2.75, 3.05) is 19.3 Å². The highest BCUT2D eigenvalue weighted by Gasteiger charge is 2.38. The molecule has 0 spiro atoms. The summed E-state index contributed by atoms with van der Waals surface area (Å²) in [6, 6.07) is 13.3. The van der Waals surface area contributed by atoms with Crippen LogP contribution in [0.15, 0.2) is 66.5 Å². The second-order valence-corrected chi connectivity index (χ2v) is 8.09. The Bertz CT molecular complexity index is 1060. The van der Waals surface area contributed by atoms with E-state index in [1.807, 2.05) is 6.08 Å². The van der Waals surface area contributed by atoms with Crippen molar-refractivity contribution in [1.82, 2.24) is 10.2 Å². The third-order valence-corrected chi connectivity index (χ3v) is 5.97. The van der Waals surface area contributed by atoms with Crippen LogP contribution in [0.3, 0.4) is 0 Å². The van der Waals surface area contributed by atoms with Gasteiger partial charge in [-0.3, -0.25) is 14.5 Å². The van der Waals surface area contributed by atoms with Gasteiger partial charge in [-0.05, 0) is 43.3 Å². The lowest BCUT2D eigenvalue weighted by Gasteiger charge is -2.36. The fraction of sp³-hybridized carbons (Fsp3) is 0.250. The average Bonchev–Trinajstić information content (AvgIpc) is 3.00. The maximum atomic E-state index is 15.1. The highest BCUT2D eigenvalue weighted by molar-refractivity contribution is 6.21. The summed E-state index contributed by atoms with van der Waals surface area (Å²) in [5, 5.41) is 3.17. The molecular formula is C24H25FN4O2. The van der Waals surface area contributed by atoms with Gasteiger partial charge in [-0.2, -0.15) is 0 Å². The van der Waals surface area contributed by atoms with Crippen LogP contribution in [-0.4, -0.2) is 41.9 Å². The molecule has 6 nitrogen and oxygen atoms in total. The van der Waals surface area contributed by atoms with Crippen molar-refractivity contribution in [2.45, 2.75) is 24.4 Å². The molecule has 0 radical (unpaired) electrons. The maximum absolute atomic E-state index is 15.1. The summed E-state index contributed by atoms with van der Waals surface area (Å²) < 4.78 is 15.1. The van der Waals surface area contributed by atoms with E-state index < -0.39 is 11.6 Å². The number of rotatable bonds is 6. The van der Waals surface area contributed by atoms with Gasteiger partial charge in [-0.15, -0.1) is 0 Å². The number of anilines is 1. The van der Waals surface area contributed by atoms with Crippen LogP contribution in [0.2, 0.25) is 0 Å². The maximum Gasteiger partial charge on any atom is 0.261 e. The SMILES string of the molecule is CN[C@]1(CC(N)CN2C(=O)c3ccccc3C2=O)C=CC(c2ccc(N)cc2)=C(F)C1. The van der Waals surface area contributed by atoms with Gasteiger partial charge in [0.1, 0.15) is 5.83 Å². The molecule has 160 valence electrons. The van der Waals surface area contributed by atoms with Gasteiger partial charge in [-0.25, -0.2) is 4.39 Å². The van der Waals surface area contributed by atoms with E-state index in [9.17, 15) is 9.59 Å². The van der Waals surface area contributed by atoms with Crippen molar-refractivity contribution in [3.63, 3.8) is 0 Å². The fourth-order valence-electron chi connectivity index (χ4n) is 4.27. The zero-order valence-corrected chi connectivity index (χ0v) is 17.3. The molecule has 2 atom stereocenters. The average molecular weight is 420 g/mol. The Morgan fingerprint density at radius 3 is 2.26 bits per heavy atom. The number of fused-ring (bicyclic) bond motifs is 1. The van der Waals surface area contributed by atoms with Gasteiger partial charge < -0.3 is 16.8 Å². The number of nitrogens with zero attached hydrogens (tertiary/aromatic N) is 1. The Hall–Kier alpha value is -3.29. The minimum Gasteiger partial charge on any atom is -0.399 e. The summed E-state index contributed by atoms with van der Waals surface area (Å²) in [5.41, 5.74) is 14.0. The van der Waals surface area contributed by atoms with Crippen LogP contribution >= 0.6 is 0 Å². The number of allylic oxidation sites excluding steroid dienone is 2. The summed E-state index contributed by atoms with van der Waals surface area (Å²) in [6.07, 6.45) is 4.13. The standard InChI is InChI=1S/C24H25FN4O2/c1-28-24(11-10-18(21(25)13-24)15-6-8-16(26)9-7-15)12-17(27)14-29-22(30)19-4-2-3-5-20(19)23(29)31/h2-11,17,28H,12-14,26-27H2,1H3/t17?,24-/m0/s1. The first-order valence-corrected chi connectivity index (χ1v) is 10.2. The van der Waals surface area contributed by atoms with Crippen LogP contribution in [0.25, 0.3) is 5.57 Å². The van der Waals surface area contributed by atoms with Crippen molar-refractivity contribution in [2.24, 2.45) is 5.73 Å². The monoisotopic (exact) mass is 420 g/mol. The third-order valence-electron chi connectivity index (χ3n) is 5.97. The van der Waals surface area contributed by atoms with Gasteiger partial charge in [0.25, 0.3) is 11.8 Å². The Kier molecular flexibility index (Phi) is 5.47. The quantitative estimate of drug-likeness (QED) is 0.493. The van der Waals surface area contributed by atoms with Gasteiger partial charge in [0.05, 0.1) is 11.1 Å². The second-order valence-electron chi connectivity index (χ2n) is 8.09. The van der Waals surface area contributed by atoms with Crippen LogP contribution < -0.4 is 16.8 Å². The summed E-state index contributed by atoms with van der Waals surface area (Å²) in [6.45, 7) is 0.0692. The van der Waals surface area contributed by atoms with Gasteiger partial charge in [-0.1, -0.05) is 36.4 Å². The molecule has 2 aliphatic rings. The molecule has 31 heavy (non-hydrogen) atoms. The van der Waals surface area contributed by atoms with Gasteiger partial charge in [0.2, 0.25) is 0 Å². The third kappa shape index (κ3) is 3.89. The van der Waals surface area contributed by atoms with E-state index in [-0.39, 0.29) is 30.6 Å². The van der Waals surface area contributed by atoms with Gasteiger partial charge in [0.15, 0.2) is 0 Å². The number of nitrogens with one attached hydrogen (secondary N) is 1. The molecule has 0 fully saturated rings. The first kappa shape index (κ1) is 21.0. The molecule has 0 saturated carbocycles. The fourth-order valence-corrected chi connectivity index (χ4v) is 4.27. The lowest BCUT2D eigenvalue weighted by Crippen LogP contribution is -2.50. The molecule has 1 heterocycles. The van der Waals surface area contributed by atoms with Crippen molar-refractivity contribution in [1.29, 1.82) is 0 Å². The topological polar surface area (TPSA) is 101 Å². The molecule has 2 amide bonds. The molecular weight excluding hydrogens is 395 g/mol. The lowest BCUT2D eigenvalue weighted by atomic mass is 9.81. The Labute approximate surface area is 180 Å². The minimum absolute atomic E-state index is 0.0692. The second kappa shape index (κ2) is 8.09. The number of hydrogen-bond donors (Lipinski definition) is 3.